The topological polar surface area (TPSA) is 41.1 Å². The minimum atomic E-state index is 0.888. The molecule has 5 heteroatoms. The highest BCUT2D eigenvalue weighted by Gasteiger charge is 2.13. The first-order valence-corrected chi connectivity index (χ1v) is 6.58. The summed E-state index contributed by atoms with van der Waals surface area (Å²) in [6.45, 7) is 6.26. The molecule has 1 aromatic rings. The maximum atomic E-state index is 4.60. The van der Waals surface area contributed by atoms with E-state index < -0.39 is 0 Å². The monoisotopic (exact) mass is 284 g/mol. The summed E-state index contributed by atoms with van der Waals surface area (Å²) in [6.07, 6.45) is 2.02. The highest BCUT2D eigenvalue weighted by Crippen LogP contribution is 2.17. The maximum absolute atomic E-state index is 4.60. The van der Waals surface area contributed by atoms with Gasteiger partial charge < -0.3 is 10.2 Å². The molecule has 1 saturated heterocycles. The van der Waals surface area contributed by atoms with Crippen molar-refractivity contribution in [1.82, 2.24) is 15.3 Å². The first-order valence-electron chi connectivity index (χ1n) is 5.78. The molecule has 1 aromatic heterocycles. The molecular weight excluding hydrogens is 268 g/mol. The van der Waals surface area contributed by atoms with E-state index in [-0.39, 0.29) is 0 Å². The summed E-state index contributed by atoms with van der Waals surface area (Å²) in [4.78, 5) is 11.3. The van der Waals surface area contributed by atoms with Crippen molar-refractivity contribution < 1.29 is 0 Å². The van der Waals surface area contributed by atoms with Gasteiger partial charge in [-0.3, -0.25) is 0 Å². The predicted octanol–water partition coefficient (Wildman–Crippen LogP) is 1.60. The van der Waals surface area contributed by atoms with Gasteiger partial charge >= 0.3 is 0 Å². The van der Waals surface area contributed by atoms with Crippen molar-refractivity contribution in [3.05, 3.63) is 16.5 Å². The van der Waals surface area contributed by atoms with E-state index in [2.05, 4.69) is 43.0 Å². The zero-order valence-electron chi connectivity index (χ0n) is 9.54. The second-order valence-electron chi connectivity index (χ2n) is 3.95. The summed E-state index contributed by atoms with van der Waals surface area (Å²) in [6, 6.07) is 2.00. The molecule has 0 bridgehead atoms. The fraction of sp³-hybridized carbons (Fsp3) is 0.636. The Morgan fingerprint density at radius 3 is 2.81 bits per heavy atom. The molecule has 88 valence electrons. The third-order valence-corrected chi connectivity index (χ3v) is 3.05. The lowest BCUT2D eigenvalue weighted by atomic mass is 10.3. The van der Waals surface area contributed by atoms with Gasteiger partial charge in [0.1, 0.15) is 16.2 Å². The SMILES string of the molecule is CCCc1nc(Br)cc(N2CCNCC2)n1. The molecule has 1 aliphatic rings. The molecule has 0 atom stereocenters. The average molecular weight is 285 g/mol. The van der Waals surface area contributed by atoms with Crippen molar-refractivity contribution in [2.24, 2.45) is 0 Å². The van der Waals surface area contributed by atoms with E-state index in [4.69, 9.17) is 0 Å². The summed E-state index contributed by atoms with van der Waals surface area (Å²) in [5.41, 5.74) is 0. The maximum Gasteiger partial charge on any atom is 0.133 e. The number of aromatic nitrogens is 2. The van der Waals surface area contributed by atoms with Gasteiger partial charge in [0, 0.05) is 38.7 Å². The minimum Gasteiger partial charge on any atom is -0.354 e. The standard InChI is InChI=1S/C11H17BrN4/c1-2-3-10-14-9(12)8-11(15-10)16-6-4-13-5-7-16/h8,13H,2-7H2,1H3. The highest BCUT2D eigenvalue weighted by molar-refractivity contribution is 9.10. The highest BCUT2D eigenvalue weighted by atomic mass is 79.9. The van der Waals surface area contributed by atoms with Crippen LogP contribution in [0.3, 0.4) is 0 Å². The van der Waals surface area contributed by atoms with E-state index in [1.807, 2.05) is 6.07 Å². The summed E-state index contributed by atoms with van der Waals surface area (Å²) in [5, 5.41) is 3.34. The van der Waals surface area contributed by atoms with Crippen LogP contribution < -0.4 is 10.2 Å². The third kappa shape index (κ3) is 2.92. The zero-order valence-corrected chi connectivity index (χ0v) is 11.1. The molecule has 2 rings (SSSR count). The molecule has 0 saturated carbocycles. The number of halogens is 1. The van der Waals surface area contributed by atoms with E-state index in [0.717, 1.165) is 55.3 Å². The van der Waals surface area contributed by atoms with Gasteiger partial charge in [-0.05, 0) is 22.4 Å². The van der Waals surface area contributed by atoms with Crippen LogP contribution in [0.5, 0.6) is 0 Å². The van der Waals surface area contributed by atoms with Gasteiger partial charge in [-0.1, -0.05) is 6.92 Å². The van der Waals surface area contributed by atoms with Gasteiger partial charge in [0.25, 0.3) is 0 Å². The third-order valence-electron chi connectivity index (χ3n) is 2.64. The fourth-order valence-electron chi connectivity index (χ4n) is 1.84. The summed E-state index contributed by atoms with van der Waals surface area (Å²) >= 11 is 3.46. The summed E-state index contributed by atoms with van der Waals surface area (Å²) < 4.78 is 0.888. The number of aryl methyl sites for hydroxylation is 1. The van der Waals surface area contributed by atoms with E-state index in [9.17, 15) is 0 Å². The predicted molar refractivity (Wildman–Crippen MR) is 68.8 cm³/mol. The van der Waals surface area contributed by atoms with Crippen LogP contribution in [0, 0.1) is 0 Å². The first-order chi connectivity index (χ1) is 7.79. The van der Waals surface area contributed by atoms with Crippen molar-refractivity contribution in [3.8, 4) is 0 Å². The number of hydrogen-bond acceptors (Lipinski definition) is 4. The summed E-state index contributed by atoms with van der Waals surface area (Å²) in [5.74, 6) is 1.98. The molecule has 4 nitrogen and oxygen atoms in total. The lowest BCUT2D eigenvalue weighted by Gasteiger charge is -2.28. The Labute approximate surface area is 105 Å². The number of rotatable bonds is 3. The second kappa shape index (κ2) is 5.59. The molecule has 0 spiro atoms. The van der Waals surface area contributed by atoms with Gasteiger partial charge in [-0.15, -0.1) is 0 Å². The quantitative estimate of drug-likeness (QED) is 0.857. The van der Waals surface area contributed by atoms with Crippen LogP contribution in [0.4, 0.5) is 5.82 Å². The van der Waals surface area contributed by atoms with Crippen LogP contribution in [0.25, 0.3) is 0 Å². The van der Waals surface area contributed by atoms with Crippen LogP contribution in [0.1, 0.15) is 19.2 Å². The molecule has 1 fully saturated rings. The van der Waals surface area contributed by atoms with E-state index in [1.54, 1.807) is 0 Å². The van der Waals surface area contributed by atoms with Crippen molar-refractivity contribution >= 4 is 21.7 Å². The largest absolute Gasteiger partial charge is 0.354 e. The molecule has 16 heavy (non-hydrogen) atoms. The van der Waals surface area contributed by atoms with E-state index in [1.165, 1.54) is 0 Å². The lowest BCUT2D eigenvalue weighted by molar-refractivity contribution is 0.583. The Morgan fingerprint density at radius 2 is 2.12 bits per heavy atom. The van der Waals surface area contributed by atoms with E-state index >= 15 is 0 Å². The number of nitrogens with zero attached hydrogens (tertiary/aromatic N) is 3. The van der Waals surface area contributed by atoms with Crippen LogP contribution in [0.2, 0.25) is 0 Å². The molecular formula is C11H17BrN4. The van der Waals surface area contributed by atoms with Crippen LogP contribution in [-0.2, 0) is 6.42 Å². The van der Waals surface area contributed by atoms with Gasteiger partial charge in [0.05, 0.1) is 0 Å². The van der Waals surface area contributed by atoms with Crippen LogP contribution >= 0.6 is 15.9 Å². The van der Waals surface area contributed by atoms with Crippen molar-refractivity contribution in [3.63, 3.8) is 0 Å². The van der Waals surface area contributed by atoms with Crippen LogP contribution in [0.15, 0.2) is 10.7 Å². The van der Waals surface area contributed by atoms with Gasteiger partial charge in [0.2, 0.25) is 0 Å². The molecule has 0 aromatic carbocycles. The van der Waals surface area contributed by atoms with Crippen molar-refractivity contribution in [1.29, 1.82) is 0 Å². The summed E-state index contributed by atoms with van der Waals surface area (Å²) in [7, 11) is 0. The van der Waals surface area contributed by atoms with Gasteiger partial charge in [-0.2, -0.15) is 0 Å². The smallest absolute Gasteiger partial charge is 0.133 e. The normalized spacial score (nSPS) is 16.5. The van der Waals surface area contributed by atoms with Gasteiger partial charge in [-0.25, -0.2) is 9.97 Å². The molecule has 1 N–H and O–H groups in total. The minimum absolute atomic E-state index is 0.888. The first kappa shape index (κ1) is 11.8. The zero-order chi connectivity index (χ0) is 11.4. The Balaban J connectivity index is 2.18. The average Bonchev–Trinajstić information content (AvgIpc) is 2.30. The fourth-order valence-corrected chi connectivity index (χ4v) is 2.25. The van der Waals surface area contributed by atoms with Gasteiger partial charge in [0.15, 0.2) is 0 Å². The Morgan fingerprint density at radius 1 is 1.38 bits per heavy atom. The molecule has 0 amide bonds. The molecule has 0 radical (unpaired) electrons. The molecule has 2 heterocycles. The number of anilines is 1. The second-order valence-corrected chi connectivity index (χ2v) is 4.76. The Kier molecular flexibility index (Phi) is 4.12. The number of hydrogen-bond donors (Lipinski definition) is 1. The molecule has 0 aliphatic carbocycles. The van der Waals surface area contributed by atoms with Crippen molar-refractivity contribution in [2.75, 3.05) is 31.1 Å². The Hall–Kier alpha value is -0.680. The molecule has 0 unspecified atom stereocenters. The van der Waals surface area contributed by atoms with Crippen molar-refractivity contribution in [2.45, 2.75) is 19.8 Å². The lowest BCUT2D eigenvalue weighted by Crippen LogP contribution is -2.44. The number of piperazine rings is 1. The number of nitrogens with one attached hydrogen (secondary N) is 1. The molecule has 1 aliphatic heterocycles. The Bertz CT molecular complexity index is 350. The van der Waals surface area contributed by atoms with Crippen LogP contribution in [-0.4, -0.2) is 36.1 Å². The van der Waals surface area contributed by atoms with E-state index in [0.29, 0.717) is 0 Å².